The van der Waals surface area contributed by atoms with Crippen LogP contribution in [0.5, 0.6) is 0 Å². The highest BCUT2D eigenvalue weighted by molar-refractivity contribution is 9.10. The average Bonchev–Trinajstić information content (AvgIpc) is 2.96. The summed E-state index contributed by atoms with van der Waals surface area (Å²) in [6, 6.07) is 17.6. The van der Waals surface area contributed by atoms with Crippen molar-refractivity contribution in [3.63, 3.8) is 0 Å². The Kier molecular flexibility index (Phi) is 3.78. The lowest BCUT2D eigenvalue weighted by Crippen LogP contribution is -2.00. The van der Waals surface area contributed by atoms with Gasteiger partial charge in [-0.2, -0.15) is 0 Å². The Labute approximate surface area is 125 Å². The van der Waals surface area contributed by atoms with Crippen molar-refractivity contribution < 1.29 is 4.42 Å². The van der Waals surface area contributed by atoms with Crippen LogP contribution in [0.15, 0.2) is 63.5 Å². The van der Waals surface area contributed by atoms with Crippen molar-refractivity contribution in [3.8, 4) is 11.5 Å². The summed E-state index contributed by atoms with van der Waals surface area (Å²) in [5.41, 5.74) is 1.92. The number of nitrogens with zero attached hydrogens (tertiary/aromatic N) is 2. The standard InChI is InChI=1S/C15H12BrN3O/c16-12-8-4-5-9-13(12)17-10-14-18-19-15(20-14)11-6-2-1-3-7-11/h1-9,17H,10H2. The van der Waals surface area contributed by atoms with Crippen molar-refractivity contribution in [3.05, 3.63) is 65.0 Å². The summed E-state index contributed by atoms with van der Waals surface area (Å²) in [7, 11) is 0. The van der Waals surface area contributed by atoms with E-state index in [9.17, 15) is 0 Å². The van der Waals surface area contributed by atoms with Gasteiger partial charge in [0.25, 0.3) is 0 Å². The van der Waals surface area contributed by atoms with Gasteiger partial charge < -0.3 is 9.73 Å². The zero-order chi connectivity index (χ0) is 13.8. The lowest BCUT2D eigenvalue weighted by atomic mass is 10.2. The Bertz CT molecular complexity index is 697. The molecule has 3 rings (SSSR count). The third-order valence-corrected chi connectivity index (χ3v) is 3.48. The van der Waals surface area contributed by atoms with Crippen LogP contribution < -0.4 is 5.32 Å². The largest absolute Gasteiger partial charge is 0.419 e. The first-order valence-electron chi connectivity index (χ1n) is 6.19. The Morgan fingerprint density at radius 1 is 0.950 bits per heavy atom. The van der Waals surface area contributed by atoms with E-state index in [0.717, 1.165) is 15.7 Å². The van der Waals surface area contributed by atoms with Crippen LogP contribution in [-0.4, -0.2) is 10.2 Å². The topological polar surface area (TPSA) is 51.0 Å². The molecule has 0 aliphatic carbocycles. The second-order valence-corrected chi connectivity index (χ2v) is 5.05. The summed E-state index contributed by atoms with van der Waals surface area (Å²) in [6.07, 6.45) is 0. The molecule has 0 unspecified atom stereocenters. The maximum absolute atomic E-state index is 5.63. The monoisotopic (exact) mass is 329 g/mol. The van der Waals surface area contributed by atoms with Gasteiger partial charge in [0.2, 0.25) is 11.8 Å². The summed E-state index contributed by atoms with van der Waals surface area (Å²) in [4.78, 5) is 0. The van der Waals surface area contributed by atoms with E-state index in [1.165, 1.54) is 0 Å². The zero-order valence-corrected chi connectivity index (χ0v) is 12.2. The molecule has 0 spiro atoms. The van der Waals surface area contributed by atoms with Crippen molar-refractivity contribution in [2.45, 2.75) is 6.54 Å². The van der Waals surface area contributed by atoms with E-state index < -0.39 is 0 Å². The number of para-hydroxylation sites is 1. The van der Waals surface area contributed by atoms with Crippen molar-refractivity contribution in [1.29, 1.82) is 0 Å². The molecule has 1 aromatic heterocycles. The molecule has 20 heavy (non-hydrogen) atoms. The number of nitrogens with one attached hydrogen (secondary N) is 1. The van der Waals surface area contributed by atoms with Gasteiger partial charge in [0, 0.05) is 15.7 Å². The minimum Gasteiger partial charge on any atom is -0.419 e. The van der Waals surface area contributed by atoms with Gasteiger partial charge in [0.15, 0.2) is 0 Å². The van der Waals surface area contributed by atoms with Gasteiger partial charge in [0.05, 0.1) is 6.54 Å². The van der Waals surface area contributed by atoms with E-state index in [0.29, 0.717) is 18.3 Å². The van der Waals surface area contributed by atoms with Gasteiger partial charge in [-0.3, -0.25) is 0 Å². The van der Waals surface area contributed by atoms with Crippen molar-refractivity contribution in [2.24, 2.45) is 0 Å². The molecular weight excluding hydrogens is 318 g/mol. The van der Waals surface area contributed by atoms with E-state index in [2.05, 4.69) is 31.4 Å². The van der Waals surface area contributed by atoms with Crippen LogP contribution in [0.25, 0.3) is 11.5 Å². The van der Waals surface area contributed by atoms with Crippen LogP contribution in [-0.2, 0) is 6.54 Å². The molecule has 0 fully saturated rings. The molecule has 0 amide bonds. The SMILES string of the molecule is Brc1ccccc1NCc1nnc(-c2ccccc2)o1. The van der Waals surface area contributed by atoms with Gasteiger partial charge >= 0.3 is 0 Å². The Morgan fingerprint density at radius 3 is 2.50 bits per heavy atom. The van der Waals surface area contributed by atoms with Crippen molar-refractivity contribution >= 4 is 21.6 Å². The zero-order valence-electron chi connectivity index (χ0n) is 10.6. The fourth-order valence-electron chi connectivity index (χ4n) is 1.80. The van der Waals surface area contributed by atoms with Crippen LogP contribution >= 0.6 is 15.9 Å². The molecule has 4 nitrogen and oxygen atoms in total. The molecule has 0 bridgehead atoms. The first kappa shape index (κ1) is 12.9. The minimum absolute atomic E-state index is 0.489. The Hall–Kier alpha value is -2.14. The highest BCUT2D eigenvalue weighted by atomic mass is 79.9. The second kappa shape index (κ2) is 5.88. The molecular formula is C15H12BrN3O. The van der Waals surface area contributed by atoms with Gasteiger partial charge in [-0.1, -0.05) is 30.3 Å². The normalized spacial score (nSPS) is 10.4. The van der Waals surface area contributed by atoms with E-state index in [1.54, 1.807) is 0 Å². The third-order valence-electron chi connectivity index (χ3n) is 2.79. The van der Waals surface area contributed by atoms with Crippen molar-refractivity contribution in [1.82, 2.24) is 10.2 Å². The molecule has 1 N–H and O–H groups in total. The second-order valence-electron chi connectivity index (χ2n) is 4.20. The van der Waals surface area contributed by atoms with Gasteiger partial charge in [-0.15, -0.1) is 10.2 Å². The molecule has 0 aliphatic heterocycles. The molecule has 5 heteroatoms. The van der Waals surface area contributed by atoms with Gasteiger partial charge in [-0.25, -0.2) is 0 Å². The first-order chi connectivity index (χ1) is 9.83. The molecule has 0 radical (unpaired) electrons. The molecule has 100 valence electrons. The van der Waals surface area contributed by atoms with Crippen LogP contribution in [0.3, 0.4) is 0 Å². The lowest BCUT2D eigenvalue weighted by Gasteiger charge is -2.05. The molecule has 1 heterocycles. The quantitative estimate of drug-likeness (QED) is 0.782. The summed E-state index contributed by atoms with van der Waals surface area (Å²) in [6.45, 7) is 0.489. The predicted molar refractivity (Wildman–Crippen MR) is 81.2 cm³/mol. The summed E-state index contributed by atoms with van der Waals surface area (Å²) < 4.78 is 6.63. The number of halogens is 1. The maximum Gasteiger partial charge on any atom is 0.247 e. The summed E-state index contributed by atoms with van der Waals surface area (Å²) in [5, 5.41) is 11.3. The molecule has 2 aromatic carbocycles. The Morgan fingerprint density at radius 2 is 1.70 bits per heavy atom. The van der Waals surface area contributed by atoms with Crippen LogP contribution in [0, 0.1) is 0 Å². The highest BCUT2D eigenvalue weighted by Gasteiger charge is 2.08. The fourth-order valence-corrected chi connectivity index (χ4v) is 2.22. The maximum atomic E-state index is 5.63. The molecule has 0 aliphatic rings. The van der Waals surface area contributed by atoms with Crippen molar-refractivity contribution in [2.75, 3.05) is 5.32 Å². The van der Waals surface area contributed by atoms with E-state index in [1.807, 2.05) is 54.6 Å². The first-order valence-corrected chi connectivity index (χ1v) is 6.98. The number of hydrogen-bond acceptors (Lipinski definition) is 4. The van der Waals surface area contributed by atoms with Gasteiger partial charge in [0.1, 0.15) is 0 Å². The lowest BCUT2D eigenvalue weighted by molar-refractivity contribution is 0.515. The number of rotatable bonds is 4. The summed E-state index contributed by atoms with van der Waals surface area (Å²) in [5.74, 6) is 1.09. The third kappa shape index (κ3) is 2.88. The van der Waals surface area contributed by atoms with Crippen LogP contribution in [0.4, 0.5) is 5.69 Å². The highest BCUT2D eigenvalue weighted by Crippen LogP contribution is 2.22. The molecule has 0 saturated carbocycles. The van der Waals surface area contributed by atoms with Crippen LogP contribution in [0.2, 0.25) is 0 Å². The predicted octanol–water partition coefficient (Wildman–Crippen LogP) is 4.11. The smallest absolute Gasteiger partial charge is 0.247 e. The van der Waals surface area contributed by atoms with Crippen LogP contribution in [0.1, 0.15) is 5.89 Å². The summed E-state index contributed by atoms with van der Waals surface area (Å²) >= 11 is 3.48. The molecule has 3 aromatic rings. The average molecular weight is 330 g/mol. The number of aromatic nitrogens is 2. The fraction of sp³-hybridized carbons (Fsp3) is 0.0667. The minimum atomic E-state index is 0.489. The number of benzene rings is 2. The molecule has 0 saturated heterocycles. The van der Waals surface area contributed by atoms with E-state index >= 15 is 0 Å². The number of hydrogen-bond donors (Lipinski definition) is 1. The van der Waals surface area contributed by atoms with Gasteiger partial charge in [-0.05, 0) is 40.2 Å². The van der Waals surface area contributed by atoms with E-state index in [-0.39, 0.29) is 0 Å². The number of anilines is 1. The van der Waals surface area contributed by atoms with E-state index in [4.69, 9.17) is 4.42 Å². The Balaban J connectivity index is 1.71. The molecule has 0 atom stereocenters.